The minimum absolute atomic E-state index is 0.0451. The summed E-state index contributed by atoms with van der Waals surface area (Å²) in [7, 11) is 0. The van der Waals surface area contributed by atoms with Crippen LogP contribution in [0.4, 0.5) is 5.69 Å². The normalized spacial score (nSPS) is 17.0. The Morgan fingerprint density at radius 2 is 2.12 bits per heavy atom. The number of aromatic amines is 1. The average molecular weight is 348 g/mol. The molecule has 1 fully saturated rings. The fraction of sp³-hybridized carbons (Fsp3) is 0.250. The number of amides is 2. The van der Waals surface area contributed by atoms with Gasteiger partial charge in [0.15, 0.2) is 0 Å². The van der Waals surface area contributed by atoms with Gasteiger partial charge in [0.1, 0.15) is 5.82 Å². The highest BCUT2D eigenvalue weighted by Gasteiger charge is 2.33. The minimum atomic E-state index is -0.294. The van der Waals surface area contributed by atoms with Crippen molar-refractivity contribution < 1.29 is 9.59 Å². The summed E-state index contributed by atoms with van der Waals surface area (Å²) in [5.74, 6) is 0.396. The van der Waals surface area contributed by atoms with Gasteiger partial charge in [-0.25, -0.2) is 4.98 Å². The summed E-state index contributed by atoms with van der Waals surface area (Å²) in [5.41, 5.74) is 3.48. The number of hydrogen-bond acceptors (Lipinski definition) is 3. The second-order valence-corrected chi connectivity index (χ2v) is 6.51. The van der Waals surface area contributed by atoms with Crippen LogP contribution in [0.5, 0.6) is 0 Å². The molecule has 1 aliphatic heterocycles. The molecular formula is C20H20N4O2. The zero-order chi connectivity index (χ0) is 18.1. The topological polar surface area (TPSA) is 78.1 Å². The van der Waals surface area contributed by atoms with Crippen LogP contribution in [0.3, 0.4) is 0 Å². The zero-order valence-corrected chi connectivity index (χ0v) is 14.5. The fourth-order valence-corrected chi connectivity index (χ4v) is 3.33. The Labute approximate surface area is 151 Å². The predicted molar refractivity (Wildman–Crippen MR) is 101 cm³/mol. The van der Waals surface area contributed by atoms with Crippen molar-refractivity contribution in [1.29, 1.82) is 0 Å². The molecular weight excluding hydrogens is 328 g/mol. The second kappa shape index (κ2) is 6.63. The van der Waals surface area contributed by atoms with E-state index < -0.39 is 0 Å². The van der Waals surface area contributed by atoms with Crippen molar-refractivity contribution in [2.45, 2.75) is 13.3 Å². The summed E-state index contributed by atoms with van der Waals surface area (Å²) < 4.78 is 0. The molecule has 2 heterocycles. The summed E-state index contributed by atoms with van der Waals surface area (Å²) in [6, 6.07) is 15.4. The van der Waals surface area contributed by atoms with Crippen LogP contribution in [0.15, 0.2) is 48.5 Å². The molecule has 1 aliphatic rings. The first-order chi connectivity index (χ1) is 12.6. The van der Waals surface area contributed by atoms with E-state index in [2.05, 4.69) is 15.3 Å². The molecule has 0 radical (unpaired) electrons. The van der Waals surface area contributed by atoms with E-state index in [1.165, 1.54) is 0 Å². The summed E-state index contributed by atoms with van der Waals surface area (Å²) in [5, 5.41) is 2.93. The largest absolute Gasteiger partial charge is 0.342 e. The van der Waals surface area contributed by atoms with E-state index in [1.54, 1.807) is 4.90 Å². The summed E-state index contributed by atoms with van der Waals surface area (Å²) >= 11 is 0. The molecule has 4 rings (SSSR count). The number of nitrogens with one attached hydrogen (secondary N) is 2. The lowest BCUT2D eigenvalue weighted by Crippen LogP contribution is -2.28. The van der Waals surface area contributed by atoms with Crippen LogP contribution in [0.25, 0.3) is 22.4 Å². The summed E-state index contributed by atoms with van der Waals surface area (Å²) in [6.07, 6.45) is 0.281. The lowest BCUT2D eigenvalue weighted by atomic mass is 10.1. The van der Waals surface area contributed by atoms with Gasteiger partial charge in [-0.3, -0.25) is 9.59 Å². The van der Waals surface area contributed by atoms with Gasteiger partial charge >= 0.3 is 0 Å². The Bertz CT molecular complexity index is 946. The number of carbonyl (C=O) groups excluding carboxylic acids is 2. The van der Waals surface area contributed by atoms with Gasteiger partial charge in [-0.2, -0.15) is 0 Å². The smallest absolute Gasteiger partial charge is 0.229 e. The molecule has 26 heavy (non-hydrogen) atoms. The molecule has 0 aliphatic carbocycles. The van der Waals surface area contributed by atoms with Crippen LogP contribution in [0.1, 0.15) is 13.3 Å². The number of aromatic nitrogens is 2. The number of H-pyrrole nitrogens is 1. The number of nitrogens with zero attached hydrogens (tertiary/aromatic N) is 2. The van der Waals surface area contributed by atoms with Gasteiger partial charge in [0, 0.05) is 30.8 Å². The lowest BCUT2D eigenvalue weighted by Gasteiger charge is -2.14. The van der Waals surface area contributed by atoms with E-state index in [0.29, 0.717) is 18.8 Å². The number of hydrogen-bond donors (Lipinski definition) is 2. The Hall–Kier alpha value is -3.15. The quantitative estimate of drug-likeness (QED) is 0.761. The van der Waals surface area contributed by atoms with Crippen molar-refractivity contribution in [2.75, 3.05) is 18.4 Å². The van der Waals surface area contributed by atoms with Crippen LogP contribution in [0, 0.1) is 5.92 Å². The highest BCUT2D eigenvalue weighted by atomic mass is 16.2. The Morgan fingerprint density at radius 3 is 2.88 bits per heavy atom. The van der Waals surface area contributed by atoms with Crippen molar-refractivity contribution in [3.63, 3.8) is 0 Å². The van der Waals surface area contributed by atoms with Crippen LogP contribution in [-0.4, -0.2) is 39.8 Å². The molecule has 0 bridgehead atoms. The monoisotopic (exact) mass is 348 g/mol. The number of anilines is 1. The second-order valence-electron chi connectivity index (χ2n) is 6.51. The van der Waals surface area contributed by atoms with Gasteiger partial charge in [-0.15, -0.1) is 0 Å². The van der Waals surface area contributed by atoms with E-state index >= 15 is 0 Å². The minimum Gasteiger partial charge on any atom is -0.342 e. The summed E-state index contributed by atoms with van der Waals surface area (Å²) in [6.45, 7) is 3.06. The molecule has 6 nitrogen and oxygen atoms in total. The molecule has 2 aromatic carbocycles. The number of imidazole rings is 1. The van der Waals surface area contributed by atoms with Gasteiger partial charge < -0.3 is 15.2 Å². The third-order valence-corrected chi connectivity index (χ3v) is 4.76. The number of para-hydroxylation sites is 2. The van der Waals surface area contributed by atoms with Gasteiger partial charge in [0.25, 0.3) is 0 Å². The van der Waals surface area contributed by atoms with Crippen LogP contribution < -0.4 is 5.32 Å². The Kier molecular flexibility index (Phi) is 4.16. The van der Waals surface area contributed by atoms with Crippen molar-refractivity contribution in [3.05, 3.63) is 48.5 Å². The summed E-state index contributed by atoms with van der Waals surface area (Å²) in [4.78, 5) is 33.9. The maximum atomic E-state index is 12.5. The van der Waals surface area contributed by atoms with Crippen molar-refractivity contribution >= 4 is 28.5 Å². The van der Waals surface area contributed by atoms with Crippen molar-refractivity contribution in [2.24, 2.45) is 5.92 Å². The highest BCUT2D eigenvalue weighted by molar-refractivity contribution is 5.97. The third-order valence-electron chi connectivity index (χ3n) is 4.76. The lowest BCUT2D eigenvalue weighted by molar-refractivity contribution is -0.128. The number of rotatable bonds is 4. The van der Waals surface area contributed by atoms with Gasteiger partial charge in [0.05, 0.1) is 17.0 Å². The van der Waals surface area contributed by atoms with E-state index in [9.17, 15) is 9.59 Å². The van der Waals surface area contributed by atoms with Crippen LogP contribution in [0.2, 0.25) is 0 Å². The molecule has 2 amide bonds. The van der Waals surface area contributed by atoms with Crippen molar-refractivity contribution in [1.82, 2.24) is 14.9 Å². The first-order valence-corrected chi connectivity index (χ1v) is 8.78. The maximum Gasteiger partial charge on any atom is 0.229 e. The average Bonchev–Trinajstić information content (AvgIpc) is 3.25. The van der Waals surface area contributed by atoms with E-state index in [-0.39, 0.29) is 24.2 Å². The number of benzene rings is 2. The van der Waals surface area contributed by atoms with Gasteiger partial charge in [-0.05, 0) is 31.2 Å². The van der Waals surface area contributed by atoms with E-state index in [4.69, 9.17) is 0 Å². The molecule has 1 unspecified atom stereocenters. The molecule has 1 atom stereocenters. The molecule has 6 heteroatoms. The molecule has 1 saturated heterocycles. The first-order valence-electron chi connectivity index (χ1n) is 8.78. The molecule has 0 saturated carbocycles. The molecule has 0 spiro atoms. The van der Waals surface area contributed by atoms with Gasteiger partial charge in [-0.1, -0.05) is 24.3 Å². The number of fused-ring (bicyclic) bond motifs is 1. The third kappa shape index (κ3) is 3.06. The Balaban J connectivity index is 1.52. The van der Waals surface area contributed by atoms with Crippen LogP contribution >= 0.6 is 0 Å². The number of likely N-dealkylation sites (tertiary alicyclic amines) is 1. The number of carbonyl (C=O) groups is 2. The van der Waals surface area contributed by atoms with Gasteiger partial charge in [0.2, 0.25) is 11.8 Å². The molecule has 1 aromatic heterocycles. The zero-order valence-electron chi connectivity index (χ0n) is 14.5. The highest BCUT2D eigenvalue weighted by Crippen LogP contribution is 2.24. The van der Waals surface area contributed by atoms with Crippen LogP contribution in [-0.2, 0) is 9.59 Å². The molecule has 3 aromatic rings. The van der Waals surface area contributed by atoms with E-state index in [1.807, 2.05) is 55.5 Å². The Morgan fingerprint density at radius 1 is 1.27 bits per heavy atom. The maximum absolute atomic E-state index is 12.5. The van der Waals surface area contributed by atoms with E-state index in [0.717, 1.165) is 22.4 Å². The first kappa shape index (κ1) is 16.3. The SMILES string of the molecule is CCN1CC(C(=O)Nc2cccc(-c3nc4ccccc4[nH]3)c2)CC1=O. The molecule has 132 valence electrons. The fourth-order valence-electron chi connectivity index (χ4n) is 3.33. The standard InChI is InChI=1S/C20H20N4O2/c1-2-24-12-14(11-18(24)25)20(26)21-15-7-5-6-13(10-15)19-22-16-8-3-4-9-17(16)23-19/h3-10,14H,2,11-12H2,1H3,(H,21,26)(H,22,23). The van der Waals surface area contributed by atoms with Crippen molar-refractivity contribution in [3.8, 4) is 11.4 Å². The predicted octanol–water partition coefficient (Wildman–Crippen LogP) is 3.04. The molecule has 2 N–H and O–H groups in total.